The Morgan fingerprint density at radius 2 is 1.91 bits per heavy atom. The molecule has 1 aliphatic carbocycles. The molecular weight excluding hydrogens is 288 g/mol. The van der Waals surface area contributed by atoms with Crippen LogP contribution in [-0.4, -0.2) is 16.9 Å². The fraction of sp³-hybridized carbons (Fsp3) is 0.500. The number of allylic oxidation sites excluding steroid dienone is 7. The molecule has 0 heterocycles. The van der Waals surface area contributed by atoms with Crippen LogP contribution < -0.4 is 0 Å². The van der Waals surface area contributed by atoms with Gasteiger partial charge in [0, 0.05) is 12.5 Å². The van der Waals surface area contributed by atoms with Gasteiger partial charge in [-0.05, 0) is 56.6 Å². The Bertz CT molecular complexity index is 598. The predicted molar refractivity (Wildman–Crippen MR) is 94.2 cm³/mol. The molecule has 23 heavy (non-hydrogen) atoms. The molecule has 0 aliphatic heterocycles. The molecule has 0 amide bonds. The van der Waals surface area contributed by atoms with Crippen LogP contribution in [0.15, 0.2) is 46.6 Å². The van der Waals surface area contributed by atoms with E-state index in [9.17, 15) is 9.59 Å². The summed E-state index contributed by atoms with van der Waals surface area (Å²) >= 11 is 0. The smallest absolute Gasteiger partial charge is 0.328 e. The van der Waals surface area contributed by atoms with Crippen molar-refractivity contribution in [2.24, 2.45) is 5.41 Å². The lowest BCUT2D eigenvalue weighted by atomic mass is 9.70. The van der Waals surface area contributed by atoms with E-state index in [0.29, 0.717) is 12.0 Å². The molecule has 3 heteroatoms. The summed E-state index contributed by atoms with van der Waals surface area (Å²) in [6.07, 6.45) is 10.2. The molecule has 0 fully saturated rings. The van der Waals surface area contributed by atoms with Gasteiger partial charge < -0.3 is 5.11 Å². The maximum absolute atomic E-state index is 12.7. The summed E-state index contributed by atoms with van der Waals surface area (Å²) in [5.74, 6) is -0.739. The first kappa shape index (κ1) is 19.1. The topological polar surface area (TPSA) is 54.4 Å². The Balaban J connectivity index is 2.79. The van der Waals surface area contributed by atoms with Gasteiger partial charge in [-0.2, -0.15) is 0 Å². The average Bonchev–Trinajstić information content (AvgIpc) is 2.35. The summed E-state index contributed by atoms with van der Waals surface area (Å²) in [7, 11) is 0. The van der Waals surface area contributed by atoms with Crippen molar-refractivity contribution < 1.29 is 14.7 Å². The summed E-state index contributed by atoms with van der Waals surface area (Å²) in [4.78, 5) is 23.2. The SMILES string of the molecule is CC(C=CC=C(C)CC(=O)C1=C(C)CCCC1(C)C)=CC(=O)O. The van der Waals surface area contributed by atoms with Gasteiger partial charge in [0.1, 0.15) is 0 Å². The Kier molecular flexibility index (Phi) is 6.74. The van der Waals surface area contributed by atoms with E-state index in [2.05, 4.69) is 20.8 Å². The van der Waals surface area contributed by atoms with Crippen LogP contribution in [-0.2, 0) is 9.59 Å². The fourth-order valence-corrected chi connectivity index (χ4v) is 3.25. The van der Waals surface area contributed by atoms with Crippen LogP contribution in [0.1, 0.15) is 60.3 Å². The average molecular weight is 316 g/mol. The number of carboxylic acids is 1. The van der Waals surface area contributed by atoms with E-state index in [1.165, 1.54) is 5.57 Å². The molecule has 126 valence electrons. The zero-order chi connectivity index (χ0) is 17.6. The van der Waals surface area contributed by atoms with Crippen molar-refractivity contribution in [2.45, 2.75) is 60.3 Å². The second-order valence-electron chi connectivity index (χ2n) is 7.09. The molecule has 0 aromatic carbocycles. The molecule has 0 unspecified atom stereocenters. The summed E-state index contributed by atoms with van der Waals surface area (Å²) in [5.41, 5.74) is 3.85. The van der Waals surface area contributed by atoms with E-state index in [0.717, 1.165) is 36.5 Å². The molecule has 3 nitrogen and oxygen atoms in total. The first-order chi connectivity index (χ1) is 10.6. The molecular formula is C20H28O3. The normalized spacial score (nSPS) is 19.3. The number of carbonyl (C=O) groups excluding carboxylic acids is 1. The van der Waals surface area contributed by atoms with E-state index in [-0.39, 0.29) is 11.2 Å². The number of aliphatic carboxylic acids is 1. The minimum atomic E-state index is -0.954. The van der Waals surface area contributed by atoms with Crippen LogP contribution in [0.25, 0.3) is 0 Å². The van der Waals surface area contributed by atoms with E-state index in [1.807, 2.05) is 13.0 Å². The minimum absolute atomic E-state index is 0.0314. The first-order valence-corrected chi connectivity index (χ1v) is 8.12. The van der Waals surface area contributed by atoms with Crippen molar-refractivity contribution in [3.8, 4) is 0 Å². The molecule has 1 rings (SSSR count). The number of ketones is 1. The highest BCUT2D eigenvalue weighted by Crippen LogP contribution is 2.41. The van der Waals surface area contributed by atoms with Crippen LogP contribution in [0.4, 0.5) is 0 Å². The number of carbonyl (C=O) groups is 2. The summed E-state index contributed by atoms with van der Waals surface area (Å²) < 4.78 is 0. The Morgan fingerprint density at radius 1 is 1.26 bits per heavy atom. The molecule has 0 saturated heterocycles. The van der Waals surface area contributed by atoms with Crippen LogP contribution in [0.3, 0.4) is 0 Å². The quantitative estimate of drug-likeness (QED) is 0.554. The standard InChI is InChI=1S/C20H28O3/c1-14(8-6-9-15(2)13-18(22)23)12-17(21)19-16(3)10-7-11-20(19,4)5/h6,8-9,13H,7,10-12H2,1-5H3,(H,22,23). The van der Waals surface area contributed by atoms with Gasteiger partial charge in [0.25, 0.3) is 0 Å². The zero-order valence-corrected chi connectivity index (χ0v) is 14.9. The number of hydrogen-bond donors (Lipinski definition) is 1. The molecule has 0 aromatic rings. The third kappa shape index (κ3) is 6.01. The summed E-state index contributed by atoms with van der Waals surface area (Å²) in [6.45, 7) is 10.1. The highest BCUT2D eigenvalue weighted by Gasteiger charge is 2.32. The lowest BCUT2D eigenvalue weighted by Crippen LogP contribution is -2.26. The van der Waals surface area contributed by atoms with Crippen molar-refractivity contribution in [1.82, 2.24) is 0 Å². The van der Waals surface area contributed by atoms with Gasteiger partial charge in [-0.15, -0.1) is 0 Å². The maximum Gasteiger partial charge on any atom is 0.328 e. The summed E-state index contributed by atoms with van der Waals surface area (Å²) in [5, 5.41) is 8.65. The maximum atomic E-state index is 12.7. The van der Waals surface area contributed by atoms with Crippen molar-refractivity contribution in [3.05, 3.63) is 46.6 Å². The number of carboxylic acid groups (broad SMARTS) is 1. The van der Waals surface area contributed by atoms with Crippen molar-refractivity contribution in [1.29, 1.82) is 0 Å². The predicted octanol–water partition coefficient (Wildman–Crippen LogP) is 5.01. The largest absolute Gasteiger partial charge is 0.478 e. The third-order valence-corrected chi connectivity index (χ3v) is 4.27. The van der Waals surface area contributed by atoms with Gasteiger partial charge in [0.15, 0.2) is 5.78 Å². The monoisotopic (exact) mass is 316 g/mol. The molecule has 1 N–H and O–H groups in total. The van der Waals surface area contributed by atoms with Gasteiger partial charge in [-0.3, -0.25) is 4.79 Å². The second-order valence-corrected chi connectivity index (χ2v) is 7.09. The molecule has 0 atom stereocenters. The molecule has 0 bridgehead atoms. The zero-order valence-electron chi connectivity index (χ0n) is 14.9. The Morgan fingerprint density at radius 3 is 2.48 bits per heavy atom. The van der Waals surface area contributed by atoms with Gasteiger partial charge in [-0.25, -0.2) is 4.79 Å². The third-order valence-electron chi connectivity index (χ3n) is 4.27. The Labute approximate surface area is 139 Å². The van der Waals surface area contributed by atoms with Gasteiger partial charge >= 0.3 is 5.97 Å². The number of rotatable bonds is 6. The Hall–Kier alpha value is -1.90. The van der Waals surface area contributed by atoms with Gasteiger partial charge in [0.2, 0.25) is 0 Å². The highest BCUT2D eigenvalue weighted by atomic mass is 16.4. The molecule has 0 spiro atoms. The highest BCUT2D eigenvalue weighted by molar-refractivity contribution is 5.98. The fourth-order valence-electron chi connectivity index (χ4n) is 3.25. The van der Waals surface area contributed by atoms with Crippen LogP contribution in [0, 0.1) is 5.41 Å². The lowest BCUT2D eigenvalue weighted by molar-refractivity contribution is -0.131. The van der Waals surface area contributed by atoms with Crippen LogP contribution in [0.2, 0.25) is 0 Å². The number of Topliss-reactive ketones (excluding diaryl/α,β-unsaturated/α-hetero) is 1. The van der Waals surface area contributed by atoms with Crippen LogP contribution >= 0.6 is 0 Å². The van der Waals surface area contributed by atoms with E-state index in [4.69, 9.17) is 5.11 Å². The first-order valence-electron chi connectivity index (χ1n) is 8.12. The second kappa shape index (κ2) is 8.09. The van der Waals surface area contributed by atoms with E-state index < -0.39 is 5.97 Å². The van der Waals surface area contributed by atoms with Crippen molar-refractivity contribution >= 4 is 11.8 Å². The molecule has 0 radical (unpaired) electrons. The van der Waals surface area contributed by atoms with Gasteiger partial charge in [0.05, 0.1) is 0 Å². The summed E-state index contributed by atoms with van der Waals surface area (Å²) in [6, 6.07) is 0. The van der Waals surface area contributed by atoms with Gasteiger partial charge in [-0.1, -0.05) is 43.2 Å². The molecule has 1 aliphatic rings. The van der Waals surface area contributed by atoms with E-state index in [1.54, 1.807) is 19.1 Å². The molecule has 0 aromatic heterocycles. The van der Waals surface area contributed by atoms with Crippen molar-refractivity contribution in [3.63, 3.8) is 0 Å². The molecule has 0 saturated carbocycles. The van der Waals surface area contributed by atoms with Crippen molar-refractivity contribution in [2.75, 3.05) is 0 Å². The minimum Gasteiger partial charge on any atom is -0.478 e. The lowest BCUT2D eigenvalue weighted by Gasteiger charge is -2.33. The van der Waals surface area contributed by atoms with E-state index >= 15 is 0 Å². The van der Waals surface area contributed by atoms with Crippen LogP contribution in [0.5, 0.6) is 0 Å². The number of hydrogen-bond acceptors (Lipinski definition) is 2.